The van der Waals surface area contributed by atoms with Crippen LogP contribution in [-0.2, 0) is 9.67 Å². The summed E-state index contributed by atoms with van der Waals surface area (Å²) < 4.78 is 5.34. The van der Waals surface area contributed by atoms with Crippen molar-refractivity contribution < 1.29 is 9.53 Å². The molecule has 0 aromatic heterocycles. The SMILES string of the molecule is CC[C@](Cl)(C(=O)Oc1c(Cl)c(Cl)c(Cl)c(Cl)c1Cl)c1ccccc1. The first-order valence-corrected chi connectivity index (χ1v) is 8.99. The molecule has 0 fully saturated rings. The Labute approximate surface area is 169 Å². The van der Waals surface area contributed by atoms with Crippen LogP contribution in [0.25, 0.3) is 0 Å². The molecule has 0 amide bonds. The number of rotatable bonds is 4. The van der Waals surface area contributed by atoms with E-state index in [2.05, 4.69) is 0 Å². The van der Waals surface area contributed by atoms with E-state index in [1.165, 1.54) is 0 Å². The maximum Gasteiger partial charge on any atom is 0.337 e. The molecule has 24 heavy (non-hydrogen) atoms. The van der Waals surface area contributed by atoms with Gasteiger partial charge in [0, 0.05) is 0 Å². The lowest BCUT2D eigenvalue weighted by Gasteiger charge is -2.24. The zero-order valence-corrected chi connectivity index (χ0v) is 16.7. The second-order valence-electron chi connectivity index (χ2n) is 4.81. The van der Waals surface area contributed by atoms with Gasteiger partial charge in [0.25, 0.3) is 0 Å². The third-order valence-electron chi connectivity index (χ3n) is 3.41. The maximum atomic E-state index is 12.7. The molecule has 0 saturated heterocycles. The van der Waals surface area contributed by atoms with E-state index < -0.39 is 10.8 Å². The number of esters is 1. The minimum atomic E-state index is -1.41. The summed E-state index contributed by atoms with van der Waals surface area (Å²) in [4.78, 5) is 11.3. The van der Waals surface area contributed by atoms with Crippen LogP contribution in [0.5, 0.6) is 5.75 Å². The smallest absolute Gasteiger partial charge is 0.337 e. The molecule has 2 aromatic rings. The highest BCUT2D eigenvalue weighted by Gasteiger charge is 2.39. The fourth-order valence-electron chi connectivity index (χ4n) is 2.02. The highest BCUT2D eigenvalue weighted by molar-refractivity contribution is 6.55. The molecule has 1 atom stereocenters. The van der Waals surface area contributed by atoms with Crippen molar-refractivity contribution in [1.29, 1.82) is 0 Å². The fourth-order valence-corrected chi connectivity index (χ4v) is 3.38. The van der Waals surface area contributed by atoms with Crippen molar-refractivity contribution in [3.8, 4) is 5.75 Å². The van der Waals surface area contributed by atoms with Crippen molar-refractivity contribution in [1.82, 2.24) is 0 Å². The van der Waals surface area contributed by atoms with E-state index in [0.29, 0.717) is 5.56 Å². The molecule has 2 nitrogen and oxygen atoms in total. The van der Waals surface area contributed by atoms with Gasteiger partial charge in [-0.1, -0.05) is 95.3 Å². The Balaban J connectivity index is 2.46. The van der Waals surface area contributed by atoms with E-state index in [0.717, 1.165) is 0 Å². The van der Waals surface area contributed by atoms with E-state index in [-0.39, 0.29) is 37.3 Å². The number of carbonyl (C=O) groups excluding carboxylic acids is 1. The average Bonchev–Trinajstić information content (AvgIpc) is 2.61. The predicted molar refractivity (Wildman–Crippen MR) is 101 cm³/mol. The normalized spacial score (nSPS) is 13.5. The molecule has 0 aliphatic heterocycles. The Morgan fingerprint density at radius 1 is 0.917 bits per heavy atom. The van der Waals surface area contributed by atoms with Gasteiger partial charge in [0.2, 0.25) is 0 Å². The molecular formula is C16H10Cl6O2. The predicted octanol–water partition coefficient (Wildman–Crippen LogP) is 7.40. The van der Waals surface area contributed by atoms with Crippen molar-refractivity contribution in [3.63, 3.8) is 0 Å². The van der Waals surface area contributed by atoms with Crippen molar-refractivity contribution in [2.75, 3.05) is 0 Å². The maximum absolute atomic E-state index is 12.7. The first-order chi connectivity index (χ1) is 11.2. The summed E-state index contributed by atoms with van der Waals surface area (Å²) in [5.74, 6) is -0.937. The van der Waals surface area contributed by atoms with E-state index in [4.69, 9.17) is 74.3 Å². The van der Waals surface area contributed by atoms with Crippen LogP contribution in [0.1, 0.15) is 18.9 Å². The standard InChI is InChI=1S/C16H10Cl6O2/c1-2-16(22,8-6-4-3-5-7-8)15(23)24-14-12(20)10(18)9(17)11(19)13(14)21/h3-7H,2H2,1H3/t16-/m1/s1. The van der Waals surface area contributed by atoms with Gasteiger partial charge in [-0.15, -0.1) is 11.6 Å². The zero-order chi connectivity index (χ0) is 18.1. The van der Waals surface area contributed by atoms with Crippen LogP contribution in [0.15, 0.2) is 30.3 Å². The van der Waals surface area contributed by atoms with E-state index >= 15 is 0 Å². The molecule has 0 heterocycles. The van der Waals surface area contributed by atoms with Crippen LogP contribution in [-0.4, -0.2) is 5.97 Å². The highest BCUT2D eigenvalue weighted by Crippen LogP contribution is 2.49. The lowest BCUT2D eigenvalue weighted by Crippen LogP contribution is -2.33. The van der Waals surface area contributed by atoms with Gasteiger partial charge in [0.15, 0.2) is 10.6 Å². The van der Waals surface area contributed by atoms with Crippen molar-refractivity contribution in [2.24, 2.45) is 0 Å². The third kappa shape index (κ3) is 3.60. The lowest BCUT2D eigenvalue weighted by atomic mass is 9.95. The molecule has 0 saturated carbocycles. The molecule has 0 aliphatic rings. The number of halogens is 6. The highest BCUT2D eigenvalue weighted by atomic mass is 35.5. The molecular weight excluding hydrogens is 437 g/mol. The van der Waals surface area contributed by atoms with E-state index in [9.17, 15) is 4.79 Å². The quantitative estimate of drug-likeness (QED) is 0.161. The van der Waals surface area contributed by atoms with Gasteiger partial charge in [-0.05, 0) is 12.0 Å². The van der Waals surface area contributed by atoms with Gasteiger partial charge in [-0.25, -0.2) is 4.79 Å². The Kier molecular flexibility index (Phi) is 6.58. The van der Waals surface area contributed by atoms with Crippen molar-refractivity contribution in [3.05, 3.63) is 61.0 Å². The Hall–Kier alpha value is -0.350. The van der Waals surface area contributed by atoms with Crippen molar-refractivity contribution >= 4 is 75.6 Å². The third-order valence-corrected chi connectivity index (χ3v) is 6.29. The molecule has 8 heteroatoms. The molecule has 0 bridgehead atoms. The second kappa shape index (κ2) is 7.90. The summed E-state index contributed by atoms with van der Waals surface area (Å²) in [6.45, 7) is 1.76. The van der Waals surface area contributed by atoms with Gasteiger partial charge < -0.3 is 4.74 Å². The van der Waals surface area contributed by atoms with Gasteiger partial charge in [-0.3, -0.25) is 0 Å². The van der Waals surface area contributed by atoms with Crippen LogP contribution in [0.4, 0.5) is 0 Å². The molecule has 128 valence electrons. The first kappa shape index (κ1) is 20.0. The van der Waals surface area contributed by atoms with Gasteiger partial charge in [0.05, 0.1) is 15.1 Å². The van der Waals surface area contributed by atoms with Crippen LogP contribution < -0.4 is 4.74 Å². The van der Waals surface area contributed by atoms with E-state index in [1.807, 2.05) is 6.07 Å². The Morgan fingerprint density at radius 3 is 1.83 bits per heavy atom. The topological polar surface area (TPSA) is 26.3 Å². The second-order valence-corrected chi connectivity index (χ2v) is 7.34. The number of carbonyl (C=O) groups is 1. The number of hydrogen-bond donors (Lipinski definition) is 0. The number of hydrogen-bond acceptors (Lipinski definition) is 2. The molecule has 2 aromatic carbocycles. The fraction of sp³-hybridized carbons (Fsp3) is 0.188. The summed E-state index contributed by atoms with van der Waals surface area (Å²) in [6.07, 6.45) is 0.279. The molecule has 0 radical (unpaired) electrons. The summed E-state index contributed by atoms with van der Waals surface area (Å²) in [7, 11) is 0. The first-order valence-electron chi connectivity index (χ1n) is 6.72. The van der Waals surface area contributed by atoms with Crippen molar-refractivity contribution in [2.45, 2.75) is 18.2 Å². The molecule has 2 rings (SSSR count). The number of benzene rings is 2. The Bertz CT molecular complexity index is 749. The minimum Gasteiger partial charge on any atom is -0.422 e. The largest absolute Gasteiger partial charge is 0.422 e. The van der Waals surface area contributed by atoms with Crippen LogP contribution in [0.2, 0.25) is 25.1 Å². The Morgan fingerprint density at radius 2 is 1.38 bits per heavy atom. The summed E-state index contributed by atoms with van der Waals surface area (Å²) >= 11 is 36.5. The summed E-state index contributed by atoms with van der Waals surface area (Å²) in [5.41, 5.74) is 0.581. The van der Waals surface area contributed by atoms with Gasteiger partial charge in [0.1, 0.15) is 10.0 Å². The van der Waals surface area contributed by atoms with E-state index in [1.54, 1.807) is 31.2 Å². The van der Waals surface area contributed by atoms with Crippen LogP contribution >= 0.6 is 69.6 Å². The average molecular weight is 447 g/mol. The number of ether oxygens (including phenoxy) is 1. The lowest BCUT2D eigenvalue weighted by molar-refractivity contribution is -0.137. The summed E-state index contributed by atoms with van der Waals surface area (Å²) in [6, 6.07) is 8.80. The molecule has 0 N–H and O–H groups in total. The van der Waals surface area contributed by atoms with Crippen LogP contribution in [0.3, 0.4) is 0 Å². The molecule has 0 unspecified atom stereocenters. The molecule has 0 spiro atoms. The monoisotopic (exact) mass is 444 g/mol. The van der Waals surface area contributed by atoms with Crippen LogP contribution in [0, 0.1) is 0 Å². The van der Waals surface area contributed by atoms with Gasteiger partial charge in [-0.2, -0.15) is 0 Å². The number of alkyl halides is 1. The van der Waals surface area contributed by atoms with Gasteiger partial charge >= 0.3 is 5.97 Å². The minimum absolute atomic E-state index is 0.0242. The zero-order valence-electron chi connectivity index (χ0n) is 12.2. The summed E-state index contributed by atoms with van der Waals surface area (Å²) in [5, 5.41) is -0.386. The molecule has 0 aliphatic carbocycles.